The van der Waals surface area contributed by atoms with Crippen LogP contribution in [0.2, 0.25) is 0 Å². The minimum Gasteiger partial charge on any atom is -0.330 e. The summed E-state index contributed by atoms with van der Waals surface area (Å²) in [5.41, 5.74) is 8.99. The monoisotopic (exact) mass is 232 g/mol. The van der Waals surface area contributed by atoms with Gasteiger partial charge in [0.1, 0.15) is 0 Å². The van der Waals surface area contributed by atoms with Crippen LogP contribution in [-0.2, 0) is 13.0 Å². The Balaban J connectivity index is 1.85. The summed E-state index contributed by atoms with van der Waals surface area (Å²) < 4.78 is 0. The molecule has 0 amide bonds. The SMILES string of the molecule is CC1(CNCc2ccccc2CCN)CCC1. The normalized spacial score (nSPS) is 17.8. The number of benzene rings is 1. The zero-order valence-corrected chi connectivity index (χ0v) is 10.8. The highest BCUT2D eigenvalue weighted by Gasteiger charge is 2.30. The van der Waals surface area contributed by atoms with Crippen molar-refractivity contribution in [1.29, 1.82) is 0 Å². The number of hydrogen-bond donors (Lipinski definition) is 2. The molecule has 3 N–H and O–H groups in total. The fourth-order valence-corrected chi connectivity index (χ4v) is 2.59. The summed E-state index contributed by atoms with van der Waals surface area (Å²) in [4.78, 5) is 0. The molecule has 1 aliphatic rings. The van der Waals surface area contributed by atoms with Crippen molar-refractivity contribution in [3.63, 3.8) is 0 Å². The molecule has 0 aliphatic heterocycles. The van der Waals surface area contributed by atoms with Crippen molar-refractivity contribution >= 4 is 0 Å². The molecule has 1 aromatic carbocycles. The molecule has 2 rings (SSSR count). The Morgan fingerprint density at radius 1 is 1.24 bits per heavy atom. The second-order valence-corrected chi connectivity index (χ2v) is 5.58. The van der Waals surface area contributed by atoms with Crippen molar-refractivity contribution in [2.75, 3.05) is 13.1 Å². The van der Waals surface area contributed by atoms with E-state index in [4.69, 9.17) is 5.73 Å². The first-order chi connectivity index (χ1) is 8.23. The molecule has 0 bridgehead atoms. The van der Waals surface area contributed by atoms with Crippen LogP contribution in [0.5, 0.6) is 0 Å². The first kappa shape index (κ1) is 12.6. The van der Waals surface area contributed by atoms with Gasteiger partial charge in [0.25, 0.3) is 0 Å². The third-order valence-electron chi connectivity index (χ3n) is 3.96. The van der Waals surface area contributed by atoms with Crippen LogP contribution in [0.4, 0.5) is 0 Å². The molecule has 0 radical (unpaired) electrons. The van der Waals surface area contributed by atoms with E-state index in [2.05, 4.69) is 36.5 Å². The van der Waals surface area contributed by atoms with Crippen LogP contribution in [-0.4, -0.2) is 13.1 Å². The van der Waals surface area contributed by atoms with Crippen molar-refractivity contribution in [3.05, 3.63) is 35.4 Å². The van der Waals surface area contributed by atoms with E-state index < -0.39 is 0 Å². The summed E-state index contributed by atoms with van der Waals surface area (Å²) in [6.45, 7) is 5.24. The Bertz CT molecular complexity index is 356. The smallest absolute Gasteiger partial charge is 0.0208 e. The third-order valence-corrected chi connectivity index (χ3v) is 3.96. The summed E-state index contributed by atoms with van der Waals surface area (Å²) in [5.74, 6) is 0. The Hall–Kier alpha value is -0.860. The fourth-order valence-electron chi connectivity index (χ4n) is 2.59. The van der Waals surface area contributed by atoms with E-state index in [0.29, 0.717) is 5.41 Å². The molecule has 1 fully saturated rings. The average Bonchev–Trinajstić information content (AvgIpc) is 2.29. The number of hydrogen-bond acceptors (Lipinski definition) is 2. The largest absolute Gasteiger partial charge is 0.330 e. The molecule has 94 valence electrons. The lowest BCUT2D eigenvalue weighted by Crippen LogP contribution is -2.37. The quantitative estimate of drug-likeness (QED) is 0.790. The zero-order valence-electron chi connectivity index (χ0n) is 10.8. The van der Waals surface area contributed by atoms with Crippen LogP contribution in [0.25, 0.3) is 0 Å². The van der Waals surface area contributed by atoms with Gasteiger partial charge in [-0.15, -0.1) is 0 Å². The molecule has 0 unspecified atom stereocenters. The first-order valence-corrected chi connectivity index (χ1v) is 6.71. The van der Waals surface area contributed by atoms with Gasteiger partial charge in [0.2, 0.25) is 0 Å². The molecule has 0 aromatic heterocycles. The van der Waals surface area contributed by atoms with Gasteiger partial charge >= 0.3 is 0 Å². The maximum absolute atomic E-state index is 5.64. The van der Waals surface area contributed by atoms with E-state index in [9.17, 15) is 0 Å². The van der Waals surface area contributed by atoms with Crippen LogP contribution in [0, 0.1) is 5.41 Å². The van der Waals surface area contributed by atoms with Crippen LogP contribution >= 0.6 is 0 Å². The second kappa shape index (κ2) is 5.65. The molecule has 0 saturated heterocycles. The lowest BCUT2D eigenvalue weighted by Gasteiger charge is -2.38. The lowest BCUT2D eigenvalue weighted by molar-refractivity contribution is 0.156. The predicted octanol–water partition coefficient (Wildman–Crippen LogP) is 2.47. The van der Waals surface area contributed by atoms with E-state index in [-0.39, 0.29) is 0 Å². The van der Waals surface area contributed by atoms with Gasteiger partial charge in [-0.1, -0.05) is 37.6 Å². The second-order valence-electron chi connectivity index (χ2n) is 5.58. The Labute approximate surface area is 105 Å². The fraction of sp³-hybridized carbons (Fsp3) is 0.600. The third kappa shape index (κ3) is 3.30. The van der Waals surface area contributed by atoms with Crippen LogP contribution in [0.15, 0.2) is 24.3 Å². The Kier molecular flexibility index (Phi) is 4.19. The molecule has 1 aliphatic carbocycles. The summed E-state index contributed by atoms with van der Waals surface area (Å²) in [5, 5.41) is 3.60. The first-order valence-electron chi connectivity index (χ1n) is 6.71. The highest BCUT2D eigenvalue weighted by atomic mass is 14.9. The Morgan fingerprint density at radius 2 is 1.94 bits per heavy atom. The molecule has 0 spiro atoms. The van der Waals surface area contributed by atoms with E-state index >= 15 is 0 Å². The summed E-state index contributed by atoms with van der Waals surface area (Å²) in [6.07, 6.45) is 5.14. The molecule has 17 heavy (non-hydrogen) atoms. The molecule has 2 nitrogen and oxygen atoms in total. The van der Waals surface area contributed by atoms with Gasteiger partial charge in [-0.2, -0.15) is 0 Å². The topological polar surface area (TPSA) is 38.0 Å². The molecule has 2 heteroatoms. The van der Waals surface area contributed by atoms with Gasteiger partial charge in [0.05, 0.1) is 0 Å². The summed E-state index contributed by atoms with van der Waals surface area (Å²) in [7, 11) is 0. The number of nitrogens with two attached hydrogens (primary N) is 1. The van der Waals surface area contributed by atoms with Crippen molar-refractivity contribution < 1.29 is 0 Å². The molecule has 0 atom stereocenters. The highest BCUT2D eigenvalue weighted by Crippen LogP contribution is 2.39. The average molecular weight is 232 g/mol. The Morgan fingerprint density at radius 3 is 2.53 bits per heavy atom. The van der Waals surface area contributed by atoms with Gasteiger partial charge in [-0.3, -0.25) is 0 Å². The standard InChI is InChI=1S/C15H24N2/c1-15(8-4-9-15)12-17-11-14-6-3-2-5-13(14)7-10-16/h2-3,5-6,17H,4,7-12,16H2,1H3. The lowest BCUT2D eigenvalue weighted by atomic mass is 9.70. The van der Waals surface area contributed by atoms with E-state index in [1.165, 1.54) is 30.4 Å². The number of nitrogens with one attached hydrogen (secondary N) is 1. The van der Waals surface area contributed by atoms with Gasteiger partial charge in [-0.05, 0) is 42.3 Å². The molecule has 1 aromatic rings. The van der Waals surface area contributed by atoms with Crippen LogP contribution in [0.3, 0.4) is 0 Å². The van der Waals surface area contributed by atoms with Crippen molar-refractivity contribution in [2.24, 2.45) is 11.1 Å². The minimum atomic E-state index is 0.558. The molecular formula is C15H24N2. The van der Waals surface area contributed by atoms with Crippen molar-refractivity contribution in [2.45, 2.75) is 39.2 Å². The van der Waals surface area contributed by atoms with Crippen LogP contribution in [0.1, 0.15) is 37.3 Å². The predicted molar refractivity (Wildman–Crippen MR) is 72.9 cm³/mol. The van der Waals surface area contributed by atoms with E-state index in [1.807, 2.05) is 0 Å². The van der Waals surface area contributed by atoms with E-state index in [0.717, 1.165) is 26.1 Å². The molecular weight excluding hydrogens is 208 g/mol. The maximum Gasteiger partial charge on any atom is 0.0208 e. The molecule has 1 saturated carbocycles. The van der Waals surface area contributed by atoms with Gasteiger partial charge in [-0.25, -0.2) is 0 Å². The highest BCUT2D eigenvalue weighted by molar-refractivity contribution is 5.27. The van der Waals surface area contributed by atoms with E-state index in [1.54, 1.807) is 0 Å². The minimum absolute atomic E-state index is 0.558. The maximum atomic E-state index is 5.64. The zero-order chi connectivity index (χ0) is 12.1. The number of rotatable bonds is 6. The van der Waals surface area contributed by atoms with Gasteiger partial charge in [0, 0.05) is 13.1 Å². The van der Waals surface area contributed by atoms with Crippen LogP contribution < -0.4 is 11.1 Å². The van der Waals surface area contributed by atoms with Gasteiger partial charge < -0.3 is 11.1 Å². The molecule has 0 heterocycles. The summed E-state index contributed by atoms with van der Waals surface area (Å²) in [6, 6.07) is 8.61. The summed E-state index contributed by atoms with van der Waals surface area (Å²) >= 11 is 0. The van der Waals surface area contributed by atoms with Crippen molar-refractivity contribution in [3.8, 4) is 0 Å². The van der Waals surface area contributed by atoms with Gasteiger partial charge in [0.15, 0.2) is 0 Å². The van der Waals surface area contributed by atoms with Crippen molar-refractivity contribution in [1.82, 2.24) is 5.32 Å².